The third kappa shape index (κ3) is 6.94. The van der Waals surface area contributed by atoms with Gasteiger partial charge in [-0.25, -0.2) is 0 Å². The minimum absolute atomic E-state index is 0.344. The first-order valence-corrected chi connectivity index (χ1v) is 3.93. The number of rotatable bonds is 4. The van der Waals surface area contributed by atoms with Crippen LogP contribution in [0.3, 0.4) is 0 Å². The van der Waals surface area contributed by atoms with E-state index in [0.717, 1.165) is 0 Å². The molecule has 0 bridgehead atoms. The quantitative estimate of drug-likeness (QED) is 0.408. The Labute approximate surface area is 60.1 Å². The van der Waals surface area contributed by atoms with Crippen molar-refractivity contribution in [3.05, 3.63) is 0 Å². The Morgan fingerprint density at radius 1 is 1.14 bits per heavy atom. The summed E-state index contributed by atoms with van der Waals surface area (Å²) in [5.41, 5.74) is 1.06. The molecule has 0 unspecified atom stereocenters. The average molecular weight is 232 g/mol. The van der Waals surface area contributed by atoms with Crippen molar-refractivity contribution in [1.29, 1.82) is 0 Å². The molecule has 0 aromatic carbocycles. The SMILES string of the molecule is BrCOBOCBr. The molecule has 5 heteroatoms. The van der Waals surface area contributed by atoms with Gasteiger partial charge in [0.1, 0.15) is 0 Å². The van der Waals surface area contributed by atoms with E-state index in [1.807, 2.05) is 0 Å². The highest BCUT2D eigenvalue weighted by molar-refractivity contribution is 9.09. The van der Waals surface area contributed by atoms with E-state index in [9.17, 15) is 0 Å². The Morgan fingerprint density at radius 3 is 1.86 bits per heavy atom. The van der Waals surface area contributed by atoms with E-state index in [1.54, 1.807) is 0 Å². The Morgan fingerprint density at radius 2 is 1.57 bits per heavy atom. The van der Waals surface area contributed by atoms with E-state index in [1.165, 1.54) is 0 Å². The first-order chi connectivity index (χ1) is 3.41. The fourth-order valence-corrected chi connectivity index (χ4v) is 0.386. The summed E-state index contributed by atoms with van der Waals surface area (Å²) in [5.74, 6) is 0. The third-order valence-corrected chi connectivity index (χ3v) is 0.968. The normalized spacial score (nSPS) is 8.86. The maximum Gasteiger partial charge on any atom is 0.439 e. The maximum absolute atomic E-state index is 4.74. The van der Waals surface area contributed by atoms with Gasteiger partial charge in [0.05, 0.1) is 11.0 Å². The molecule has 0 fully saturated rings. The van der Waals surface area contributed by atoms with Gasteiger partial charge in [-0.2, -0.15) is 0 Å². The summed E-state index contributed by atoms with van der Waals surface area (Å²) in [7, 11) is 0.344. The molecule has 0 aliphatic heterocycles. The molecule has 0 amide bonds. The average Bonchev–Trinajstić information content (AvgIpc) is 1.69. The fourth-order valence-electron chi connectivity index (χ4n) is 0.122. The minimum Gasteiger partial charge on any atom is -0.404 e. The monoisotopic (exact) mass is 230 g/mol. The van der Waals surface area contributed by atoms with Crippen LogP contribution in [0.4, 0.5) is 0 Å². The molecule has 7 heavy (non-hydrogen) atoms. The van der Waals surface area contributed by atoms with Gasteiger partial charge in [-0.05, 0) is 0 Å². The predicted octanol–water partition coefficient (Wildman–Crippen LogP) is 0.991. The third-order valence-electron chi connectivity index (χ3n) is 0.321. The van der Waals surface area contributed by atoms with Crippen molar-refractivity contribution in [3.8, 4) is 0 Å². The van der Waals surface area contributed by atoms with Crippen molar-refractivity contribution in [1.82, 2.24) is 0 Å². The van der Waals surface area contributed by atoms with Gasteiger partial charge in [0, 0.05) is 0 Å². The van der Waals surface area contributed by atoms with Crippen molar-refractivity contribution in [2.45, 2.75) is 0 Å². The molecule has 0 spiro atoms. The smallest absolute Gasteiger partial charge is 0.404 e. The number of alkyl halides is 2. The molecule has 42 valence electrons. The van der Waals surface area contributed by atoms with Crippen molar-refractivity contribution < 1.29 is 9.31 Å². The standard InChI is InChI=1S/C2H5BBr2O2/c4-1-6-3-7-2-5/h3H,1-2H2. The second-order valence-corrected chi connectivity index (χ2v) is 1.66. The summed E-state index contributed by atoms with van der Waals surface area (Å²) in [6.45, 7) is 0. The van der Waals surface area contributed by atoms with Gasteiger partial charge in [0.15, 0.2) is 0 Å². The van der Waals surface area contributed by atoms with Crippen LogP contribution in [0.25, 0.3) is 0 Å². The lowest BCUT2D eigenvalue weighted by molar-refractivity contribution is 0.293. The highest BCUT2D eigenvalue weighted by atomic mass is 79.9. The lowest BCUT2D eigenvalue weighted by atomic mass is 10.4. The topological polar surface area (TPSA) is 18.5 Å². The Balaban J connectivity index is 2.45. The van der Waals surface area contributed by atoms with Crippen molar-refractivity contribution in [2.24, 2.45) is 0 Å². The summed E-state index contributed by atoms with van der Waals surface area (Å²) in [6, 6.07) is 0. The van der Waals surface area contributed by atoms with E-state index >= 15 is 0 Å². The van der Waals surface area contributed by atoms with Crippen LogP contribution < -0.4 is 0 Å². The van der Waals surface area contributed by atoms with E-state index in [0.29, 0.717) is 18.7 Å². The molecule has 0 saturated carbocycles. The Kier molecular flexibility index (Phi) is 7.88. The van der Waals surface area contributed by atoms with E-state index < -0.39 is 0 Å². The largest absolute Gasteiger partial charge is 0.439 e. The lowest BCUT2D eigenvalue weighted by Crippen LogP contribution is -2.00. The number of hydrogen-bond acceptors (Lipinski definition) is 2. The molecule has 0 atom stereocenters. The molecular formula is C2H5BBr2O2. The number of hydrogen-bond donors (Lipinski definition) is 0. The molecule has 0 aromatic rings. The lowest BCUT2D eigenvalue weighted by Gasteiger charge is -1.93. The van der Waals surface area contributed by atoms with Crippen molar-refractivity contribution in [2.75, 3.05) is 11.0 Å². The zero-order valence-corrected chi connectivity index (χ0v) is 6.87. The zero-order valence-electron chi connectivity index (χ0n) is 3.69. The van der Waals surface area contributed by atoms with Crippen LogP contribution in [-0.2, 0) is 9.31 Å². The molecule has 0 heterocycles. The summed E-state index contributed by atoms with van der Waals surface area (Å²) in [5, 5.41) is 0. The Bertz CT molecular complexity index is 32.9. The first-order valence-electron chi connectivity index (χ1n) is 1.69. The van der Waals surface area contributed by atoms with Crippen molar-refractivity contribution >= 4 is 39.5 Å². The second kappa shape index (κ2) is 6.94. The fraction of sp³-hybridized carbons (Fsp3) is 1.00. The van der Waals surface area contributed by atoms with Gasteiger partial charge < -0.3 is 9.31 Å². The van der Waals surface area contributed by atoms with Gasteiger partial charge in [-0.1, -0.05) is 31.9 Å². The van der Waals surface area contributed by atoms with Gasteiger partial charge in [-0.15, -0.1) is 0 Å². The van der Waals surface area contributed by atoms with Crippen LogP contribution in [0.1, 0.15) is 0 Å². The highest BCUT2D eigenvalue weighted by Gasteiger charge is 1.84. The van der Waals surface area contributed by atoms with Crippen LogP contribution in [0.2, 0.25) is 0 Å². The summed E-state index contributed by atoms with van der Waals surface area (Å²) in [6.07, 6.45) is 0. The molecular weight excluding hydrogens is 227 g/mol. The maximum atomic E-state index is 4.74. The van der Waals surface area contributed by atoms with E-state index in [4.69, 9.17) is 9.31 Å². The van der Waals surface area contributed by atoms with Gasteiger partial charge in [0.2, 0.25) is 0 Å². The van der Waals surface area contributed by atoms with Crippen LogP contribution in [0.15, 0.2) is 0 Å². The van der Waals surface area contributed by atoms with Crippen LogP contribution in [-0.4, -0.2) is 18.7 Å². The molecule has 0 aliphatic rings. The molecule has 0 radical (unpaired) electrons. The van der Waals surface area contributed by atoms with Crippen molar-refractivity contribution in [3.63, 3.8) is 0 Å². The summed E-state index contributed by atoms with van der Waals surface area (Å²) < 4.78 is 9.48. The number of halogens is 2. The summed E-state index contributed by atoms with van der Waals surface area (Å²) in [4.78, 5) is 0. The highest BCUT2D eigenvalue weighted by Crippen LogP contribution is 1.83. The molecule has 0 N–H and O–H groups in total. The van der Waals surface area contributed by atoms with Crippen LogP contribution in [0, 0.1) is 0 Å². The molecule has 0 saturated heterocycles. The van der Waals surface area contributed by atoms with Gasteiger partial charge in [-0.3, -0.25) is 0 Å². The van der Waals surface area contributed by atoms with Gasteiger partial charge >= 0.3 is 7.69 Å². The minimum atomic E-state index is 0.344. The zero-order chi connectivity index (χ0) is 5.54. The van der Waals surface area contributed by atoms with Crippen LogP contribution in [0.5, 0.6) is 0 Å². The molecule has 0 aromatic heterocycles. The van der Waals surface area contributed by atoms with E-state index in [2.05, 4.69) is 31.9 Å². The first kappa shape index (κ1) is 7.94. The second-order valence-electron chi connectivity index (χ2n) is 0.744. The Hall–Kier alpha value is 0.945. The molecule has 0 rings (SSSR count). The molecule has 2 nitrogen and oxygen atoms in total. The van der Waals surface area contributed by atoms with E-state index in [-0.39, 0.29) is 0 Å². The van der Waals surface area contributed by atoms with Gasteiger partial charge in [0.25, 0.3) is 0 Å². The predicted molar refractivity (Wildman–Crippen MR) is 36.9 cm³/mol. The summed E-state index contributed by atoms with van der Waals surface area (Å²) >= 11 is 6.12. The molecule has 0 aliphatic carbocycles. The van der Waals surface area contributed by atoms with Crippen LogP contribution >= 0.6 is 31.9 Å².